The smallest absolute Gasteiger partial charge is 0.0887 e. The van der Waals surface area contributed by atoms with E-state index in [1.54, 1.807) is 6.20 Å². The van der Waals surface area contributed by atoms with Gasteiger partial charge in [0.1, 0.15) is 0 Å². The first-order valence-electron chi connectivity index (χ1n) is 13.4. The summed E-state index contributed by atoms with van der Waals surface area (Å²) in [5, 5.41) is 4.79. The Morgan fingerprint density at radius 3 is 1.57 bits per heavy atom. The van der Waals surface area contributed by atoms with Crippen molar-refractivity contribution in [1.29, 1.82) is 0 Å². The van der Waals surface area contributed by atoms with Gasteiger partial charge in [-0.2, -0.15) is 0 Å². The van der Waals surface area contributed by atoms with Crippen LogP contribution in [0.25, 0.3) is 32.9 Å². The van der Waals surface area contributed by atoms with E-state index in [2.05, 4.69) is 130 Å². The van der Waals surface area contributed by atoms with E-state index < -0.39 is 0 Å². The highest BCUT2D eigenvalue weighted by atomic mass is 15.3. The fourth-order valence-electron chi connectivity index (χ4n) is 5.86. The van der Waals surface area contributed by atoms with Crippen molar-refractivity contribution in [3.05, 3.63) is 146 Å². The SMILES string of the molecule is c1ccc(N2c3ccc4ccccc4c3N(c3ccc(-c4ccccn4)nc3)c3ccc4ccccc4c32)cc1. The summed E-state index contributed by atoms with van der Waals surface area (Å²) in [6, 6.07) is 46.9. The number of nitrogens with zero attached hydrogens (tertiary/aromatic N) is 4. The number of hydrogen-bond acceptors (Lipinski definition) is 4. The van der Waals surface area contributed by atoms with Gasteiger partial charge in [-0.05, 0) is 59.3 Å². The molecule has 3 heterocycles. The third-order valence-corrected chi connectivity index (χ3v) is 7.64. The number of benzene rings is 5. The molecule has 2 aromatic heterocycles. The summed E-state index contributed by atoms with van der Waals surface area (Å²) in [7, 11) is 0. The van der Waals surface area contributed by atoms with Crippen molar-refractivity contribution in [2.45, 2.75) is 0 Å². The second-order valence-electron chi connectivity index (χ2n) is 9.93. The van der Waals surface area contributed by atoms with Crippen LogP contribution in [0.15, 0.2) is 146 Å². The summed E-state index contributed by atoms with van der Waals surface area (Å²) in [6.07, 6.45) is 3.77. The van der Waals surface area contributed by atoms with Crippen molar-refractivity contribution >= 4 is 55.7 Å². The van der Waals surface area contributed by atoms with Crippen LogP contribution in [0.2, 0.25) is 0 Å². The molecular weight excluding hydrogens is 488 g/mol. The number of para-hydroxylation sites is 1. The monoisotopic (exact) mass is 512 g/mol. The lowest BCUT2D eigenvalue weighted by molar-refractivity contribution is 1.17. The zero-order valence-electron chi connectivity index (χ0n) is 21.6. The first kappa shape index (κ1) is 22.5. The van der Waals surface area contributed by atoms with Crippen LogP contribution < -0.4 is 9.80 Å². The lowest BCUT2D eigenvalue weighted by atomic mass is 9.97. The molecule has 188 valence electrons. The molecule has 0 saturated heterocycles. The van der Waals surface area contributed by atoms with Gasteiger partial charge in [0.05, 0.1) is 46.0 Å². The molecule has 0 spiro atoms. The van der Waals surface area contributed by atoms with Gasteiger partial charge in [-0.1, -0.05) is 84.9 Å². The molecule has 8 rings (SSSR count). The lowest BCUT2D eigenvalue weighted by Crippen LogP contribution is -2.24. The second kappa shape index (κ2) is 9.07. The molecule has 1 aliphatic rings. The average molecular weight is 513 g/mol. The fourth-order valence-corrected chi connectivity index (χ4v) is 5.86. The molecule has 4 heteroatoms. The van der Waals surface area contributed by atoms with Crippen molar-refractivity contribution in [2.24, 2.45) is 0 Å². The molecule has 0 saturated carbocycles. The summed E-state index contributed by atoms with van der Waals surface area (Å²) >= 11 is 0. The van der Waals surface area contributed by atoms with Crippen molar-refractivity contribution in [3.63, 3.8) is 0 Å². The standard InChI is InChI=1S/C36H24N4/c1-2-12-27(13-3-1)39-33-21-17-26-11-5-7-15-30(26)36(33)40(34-22-18-25-10-4-6-14-29(25)35(34)39)28-19-20-32(38-24-28)31-16-8-9-23-37-31/h1-24H. The van der Waals surface area contributed by atoms with E-state index in [1.165, 1.54) is 21.5 Å². The number of pyridine rings is 2. The first-order chi connectivity index (χ1) is 19.9. The molecule has 4 nitrogen and oxygen atoms in total. The molecule has 0 radical (unpaired) electrons. The fraction of sp³-hybridized carbons (Fsp3) is 0. The Labute approximate surface area is 232 Å². The number of aromatic nitrogens is 2. The van der Waals surface area contributed by atoms with E-state index in [0.717, 1.165) is 45.5 Å². The highest BCUT2D eigenvalue weighted by Gasteiger charge is 2.33. The van der Waals surface area contributed by atoms with Gasteiger partial charge < -0.3 is 9.80 Å². The van der Waals surface area contributed by atoms with Crippen molar-refractivity contribution < 1.29 is 0 Å². The van der Waals surface area contributed by atoms with Crippen molar-refractivity contribution in [3.8, 4) is 11.4 Å². The van der Waals surface area contributed by atoms with Gasteiger partial charge in [0.15, 0.2) is 0 Å². The molecular formula is C36H24N4. The van der Waals surface area contributed by atoms with Crippen LogP contribution in [-0.4, -0.2) is 9.97 Å². The van der Waals surface area contributed by atoms with Crippen molar-refractivity contribution in [2.75, 3.05) is 9.80 Å². The summed E-state index contributed by atoms with van der Waals surface area (Å²) in [5.74, 6) is 0. The van der Waals surface area contributed by atoms with Crippen LogP contribution in [0.5, 0.6) is 0 Å². The molecule has 0 amide bonds. The maximum atomic E-state index is 4.87. The largest absolute Gasteiger partial charge is 0.306 e. The topological polar surface area (TPSA) is 32.3 Å². The van der Waals surface area contributed by atoms with Gasteiger partial charge in [0.2, 0.25) is 0 Å². The van der Waals surface area contributed by atoms with Crippen molar-refractivity contribution in [1.82, 2.24) is 9.97 Å². The molecule has 1 aliphatic heterocycles. The molecule has 40 heavy (non-hydrogen) atoms. The van der Waals surface area contributed by atoms with Crippen LogP contribution in [0, 0.1) is 0 Å². The van der Waals surface area contributed by atoms with E-state index in [1.807, 2.05) is 24.4 Å². The number of rotatable bonds is 3. The Morgan fingerprint density at radius 1 is 0.400 bits per heavy atom. The third-order valence-electron chi connectivity index (χ3n) is 7.64. The number of hydrogen-bond donors (Lipinski definition) is 0. The Balaban J connectivity index is 1.45. The third kappa shape index (κ3) is 3.47. The minimum Gasteiger partial charge on any atom is -0.306 e. The normalized spacial score (nSPS) is 12.4. The highest BCUT2D eigenvalue weighted by Crippen LogP contribution is 2.58. The molecule has 0 fully saturated rings. The van der Waals surface area contributed by atoms with E-state index in [4.69, 9.17) is 4.98 Å². The Morgan fingerprint density at radius 2 is 0.975 bits per heavy atom. The molecule has 0 N–H and O–H groups in total. The number of anilines is 6. The molecule has 0 unspecified atom stereocenters. The Bertz CT molecular complexity index is 2000. The predicted molar refractivity (Wildman–Crippen MR) is 165 cm³/mol. The van der Waals surface area contributed by atoms with E-state index >= 15 is 0 Å². The van der Waals surface area contributed by atoms with Gasteiger partial charge in [0.25, 0.3) is 0 Å². The minimum atomic E-state index is 0.851. The summed E-state index contributed by atoms with van der Waals surface area (Å²) in [4.78, 5) is 14.1. The maximum absolute atomic E-state index is 4.87. The summed E-state index contributed by atoms with van der Waals surface area (Å²) in [6.45, 7) is 0. The number of fused-ring (bicyclic) bond motifs is 6. The zero-order chi connectivity index (χ0) is 26.5. The highest BCUT2D eigenvalue weighted by molar-refractivity contribution is 6.16. The van der Waals surface area contributed by atoms with Gasteiger partial charge in [0, 0.05) is 22.7 Å². The van der Waals surface area contributed by atoms with Crippen LogP contribution in [0.1, 0.15) is 0 Å². The Kier molecular flexibility index (Phi) is 5.10. The van der Waals surface area contributed by atoms with Crippen LogP contribution in [-0.2, 0) is 0 Å². The maximum Gasteiger partial charge on any atom is 0.0887 e. The average Bonchev–Trinajstić information content (AvgIpc) is 3.04. The van der Waals surface area contributed by atoms with Gasteiger partial charge in [-0.3, -0.25) is 9.97 Å². The molecule has 0 bridgehead atoms. The zero-order valence-corrected chi connectivity index (χ0v) is 21.6. The van der Waals surface area contributed by atoms with Gasteiger partial charge in [-0.15, -0.1) is 0 Å². The second-order valence-corrected chi connectivity index (χ2v) is 9.93. The van der Waals surface area contributed by atoms with Gasteiger partial charge >= 0.3 is 0 Å². The summed E-state index contributed by atoms with van der Waals surface area (Å²) in [5.41, 5.74) is 8.37. The lowest BCUT2D eigenvalue weighted by Gasteiger charge is -2.41. The first-order valence-corrected chi connectivity index (χ1v) is 13.4. The van der Waals surface area contributed by atoms with Crippen LogP contribution >= 0.6 is 0 Å². The van der Waals surface area contributed by atoms with Crippen LogP contribution in [0.3, 0.4) is 0 Å². The van der Waals surface area contributed by atoms with Gasteiger partial charge in [-0.25, -0.2) is 0 Å². The molecule has 7 aromatic rings. The molecule has 0 aliphatic carbocycles. The van der Waals surface area contributed by atoms with E-state index in [9.17, 15) is 0 Å². The molecule has 5 aromatic carbocycles. The minimum absolute atomic E-state index is 0.851. The Hall–Kier alpha value is -5.48. The van der Waals surface area contributed by atoms with E-state index in [0.29, 0.717) is 0 Å². The van der Waals surface area contributed by atoms with E-state index in [-0.39, 0.29) is 0 Å². The quantitative estimate of drug-likeness (QED) is 0.236. The summed E-state index contributed by atoms with van der Waals surface area (Å²) < 4.78 is 0. The van der Waals surface area contributed by atoms with Crippen LogP contribution in [0.4, 0.5) is 34.1 Å². The molecule has 0 atom stereocenters. The predicted octanol–water partition coefficient (Wildman–Crippen LogP) is 9.70.